The summed E-state index contributed by atoms with van der Waals surface area (Å²) in [5, 5.41) is 10.9. The highest BCUT2D eigenvalue weighted by atomic mass is 16.5. The molecule has 0 aliphatic heterocycles. The third-order valence-corrected chi connectivity index (χ3v) is 7.81. The summed E-state index contributed by atoms with van der Waals surface area (Å²) in [6.45, 7) is 4.61. The fourth-order valence-electron chi connectivity index (χ4n) is 6.14. The third kappa shape index (κ3) is 2.13. The van der Waals surface area contributed by atoms with E-state index in [1.807, 2.05) is 18.2 Å². The Labute approximate surface area is 149 Å². The lowest BCUT2D eigenvalue weighted by Crippen LogP contribution is -2.53. The van der Waals surface area contributed by atoms with Crippen LogP contribution in [0.1, 0.15) is 45.1 Å². The molecule has 1 N–H and O–H groups in total. The van der Waals surface area contributed by atoms with Crippen LogP contribution in [0.5, 0.6) is 0 Å². The molecule has 1 spiro atoms. The van der Waals surface area contributed by atoms with E-state index in [4.69, 9.17) is 9.15 Å². The molecule has 0 amide bonds. The summed E-state index contributed by atoms with van der Waals surface area (Å²) < 4.78 is 10.4. The molecule has 6 atom stereocenters. The number of aryl methyl sites for hydroxylation is 1. The van der Waals surface area contributed by atoms with Crippen LogP contribution in [-0.4, -0.2) is 24.3 Å². The van der Waals surface area contributed by atoms with Gasteiger partial charge in [-0.05, 0) is 60.5 Å². The van der Waals surface area contributed by atoms with E-state index in [0.29, 0.717) is 5.92 Å². The Morgan fingerprint density at radius 2 is 2.28 bits per heavy atom. The number of esters is 1. The van der Waals surface area contributed by atoms with E-state index in [2.05, 4.69) is 13.8 Å². The number of hydrogen-bond donors (Lipinski definition) is 1. The monoisotopic (exact) mass is 344 g/mol. The summed E-state index contributed by atoms with van der Waals surface area (Å²) in [5.41, 5.74) is 0.535. The highest BCUT2D eigenvalue weighted by molar-refractivity contribution is 5.85. The lowest BCUT2D eigenvalue weighted by Gasteiger charge is -2.55. The van der Waals surface area contributed by atoms with E-state index in [0.717, 1.165) is 32.1 Å². The first-order chi connectivity index (χ1) is 11.9. The van der Waals surface area contributed by atoms with Gasteiger partial charge in [0.05, 0.1) is 31.2 Å². The number of aliphatic hydroxyl groups excluding tert-OH is 1. The largest absolute Gasteiger partial charge is 0.472 e. The van der Waals surface area contributed by atoms with Gasteiger partial charge in [0.25, 0.3) is 0 Å². The quantitative estimate of drug-likeness (QED) is 0.668. The van der Waals surface area contributed by atoms with Crippen molar-refractivity contribution in [1.82, 2.24) is 0 Å². The minimum atomic E-state index is -0.511. The Kier molecular flexibility index (Phi) is 3.70. The van der Waals surface area contributed by atoms with Crippen molar-refractivity contribution < 1.29 is 19.1 Å². The molecule has 0 unspecified atom stereocenters. The summed E-state index contributed by atoms with van der Waals surface area (Å²) in [6, 6.07) is 2.01. The molecular formula is C21H28O4. The lowest BCUT2D eigenvalue weighted by molar-refractivity contribution is -0.152. The Bertz CT molecular complexity index is 693. The van der Waals surface area contributed by atoms with Gasteiger partial charge in [-0.25, -0.2) is 0 Å². The summed E-state index contributed by atoms with van der Waals surface area (Å²) in [5.74, 6) is 0.472. The summed E-state index contributed by atoms with van der Waals surface area (Å²) in [4.78, 5) is 12.6. The summed E-state index contributed by atoms with van der Waals surface area (Å²) >= 11 is 0. The Hall–Kier alpha value is -1.55. The average Bonchev–Trinajstić information content (AvgIpc) is 2.98. The van der Waals surface area contributed by atoms with E-state index >= 15 is 0 Å². The second-order valence-electron chi connectivity index (χ2n) is 8.70. The smallest absolute Gasteiger partial charge is 0.316 e. The van der Waals surface area contributed by atoms with Gasteiger partial charge in [-0.2, -0.15) is 0 Å². The van der Waals surface area contributed by atoms with Gasteiger partial charge < -0.3 is 14.3 Å². The van der Waals surface area contributed by atoms with Crippen LogP contribution in [0.25, 0.3) is 0 Å². The molecule has 0 aromatic carbocycles. The fourth-order valence-corrected chi connectivity index (χ4v) is 6.14. The van der Waals surface area contributed by atoms with Crippen LogP contribution in [0.2, 0.25) is 0 Å². The predicted octanol–water partition coefficient (Wildman–Crippen LogP) is 3.74. The zero-order valence-electron chi connectivity index (χ0n) is 15.3. The second kappa shape index (κ2) is 5.47. The SMILES string of the molecule is COC(=O)[C@]12C=C[C@@H](O)[C@H]3[C@](C)(CCc4ccoc4)[C@@H](C)CC[C@@]31C2. The molecule has 3 aliphatic rings. The third-order valence-electron chi connectivity index (χ3n) is 7.81. The van der Waals surface area contributed by atoms with Gasteiger partial charge in [0.1, 0.15) is 0 Å². The number of aliphatic hydroxyl groups is 1. The molecule has 4 heteroatoms. The fraction of sp³-hybridized carbons (Fsp3) is 0.667. The van der Waals surface area contributed by atoms with Crippen LogP contribution < -0.4 is 0 Å². The molecule has 25 heavy (non-hydrogen) atoms. The zero-order valence-corrected chi connectivity index (χ0v) is 15.3. The van der Waals surface area contributed by atoms with Crippen molar-refractivity contribution >= 4 is 5.97 Å². The van der Waals surface area contributed by atoms with Crippen molar-refractivity contribution in [2.24, 2.45) is 28.1 Å². The minimum absolute atomic E-state index is 0.0184. The zero-order chi connectivity index (χ0) is 17.9. The minimum Gasteiger partial charge on any atom is -0.472 e. The molecule has 3 aliphatic carbocycles. The number of carbonyl (C=O) groups excluding carboxylic acids is 1. The van der Waals surface area contributed by atoms with Crippen molar-refractivity contribution in [3.63, 3.8) is 0 Å². The molecule has 1 aromatic heterocycles. The molecule has 0 radical (unpaired) electrons. The number of methoxy groups -OCH3 is 1. The van der Waals surface area contributed by atoms with E-state index < -0.39 is 11.5 Å². The molecule has 0 saturated heterocycles. The predicted molar refractivity (Wildman–Crippen MR) is 93.7 cm³/mol. The average molecular weight is 344 g/mol. The van der Waals surface area contributed by atoms with Crippen molar-refractivity contribution in [2.75, 3.05) is 7.11 Å². The van der Waals surface area contributed by atoms with Gasteiger partial charge in [0.2, 0.25) is 0 Å². The number of ether oxygens (including phenoxy) is 1. The molecule has 1 heterocycles. The van der Waals surface area contributed by atoms with Gasteiger partial charge in [-0.1, -0.05) is 26.0 Å². The van der Waals surface area contributed by atoms with Crippen molar-refractivity contribution in [1.29, 1.82) is 0 Å². The first kappa shape index (κ1) is 16.9. The molecule has 2 fully saturated rings. The normalized spacial score (nSPS) is 44.7. The Morgan fingerprint density at radius 3 is 2.96 bits per heavy atom. The van der Waals surface area contributed by atoms with Gasteiger partial charge in [-0.15, -0.1) is 0 Å². The molecule has 2 saturated carbocycles. The summed E-state index contributed by atoms with van der Waals surface area (Å²) in [6.07, 6.45) is 11.6. The number of rotatable bonds is 4. The number of carbonyl (C=O) groups is 1. The molecule has 1 aromatic rings. The van der Waals surface area contributed by atoms with Crippen molar-refractivity contribution in [3.8, 4) is 0 Å². The first-order valence-corrected chi connectivity index (χ1v) is 9.36. The molecule has 136 valence electrons. The maximum Gasteiger partial charge on any atom is 0.316 e. The van der Waals surface area contributed by atoms with E-state index in [1.54, 1.807) is 12.5 Å². The molecular weight excluding hydrogens is 316 g/mol. The highest BCUT2D eigenvalue weighted by Crippen LogP contribution is 2.79. The molecule has 0 bridgehead atoms. The van der Waals surface area contributed by atoms with Gasteiger partial charge in [0.15, 0.2) is 0 Å². The second-order valence-corrected chi connectivity index (χ2v) is 8.70. The van der Waals surface area contributed by atoms with Crippen LogP contribution in [-0.2, 0) is 16.0 Å². The van der Waals surface area contributed by atoms with Crippen LogP contribution >= 0.6 is 0 Å². The Balaban J connectivity index is 1.68. The van der Waals surface area contributed by atoms with Gasteiger partial charge in [-0.3, -0.25) is 4.79 Å². The summed E-state index contributed by atoms with van der Waals surface area (Å²) in [7, 11) is 1.47. The van der Waals surface area contributed by atoms with Crippen LogP contribution in [0.15, 0.2) is 35.2 Å². The topological polar surface area (TPSA) is 59.7 Å². The van der Waals surface area contributed by atoms with Crippen LogP contribution in [0, 0.1) is 28.1 Å². The number of hydrogen-bond acceptors (Lipinski definition) is 4. The maximum atomic E-state index is 12.6. The Morgan fingerprint density at radius 1 is 1.48 bits per heavy atom. The van der Waals surface area contributed by atoms with E-state index in [9.17, 15) is 9.90 Å². The number of furan rings is 1. The van der Waals surface area contributed by atoms with Crippen molar-refractivity contribution in [3.05, 3.63) is 36.3 Å². The van der Waals surface area contributed by atoms with Crippen molar-refractivity contribution in [2.45, 2.75) is 52.1 Å². The van der Waals surface area contributed by atoms with E-state index in [1.165, 1.54) is 12.7 Å². The lowest BCUT2D eigenvalue weighted by atomic mass is 9.50. The molecule has 4 rings (SSSR count). The standard InChI is InChI=1S/C21H28O4/c1-14-4-9-20-13-21(20,18(23)24-3)10-6-16(22)17(20)19(14,2)8-5-15-7-11-25-12-15/h6-7,10-12,14,16-17,22H,4-5,8-9,13H2,1-3H3/t14-,16+,17-,19+,20+,21+/m0/s1. The highest BCUT2D eigenvalue weighted by Gasteiger charge is 2.79. The molecule has 4 nitrogen and oxygen atoms in total. The van der Waals surface area contributed by atoms with Crippen LogP contribution in [0.4, 0.5) is 0 Å². The van der Waals surface area contributed by atoms with Crippen LogP contribution in [0.3, 0.4) is 0 Å². The van der Waals surface area contributed by atoms with Gasteiger partial charge >= 0.3 is 5.97 Å². The maximum absolute atomic E-state index is 12.6. The van der Waals surface area contributed by atoms with E-state index in [-0.39, 0.29) is 22.7 Å². The first-order valence-electron chi connectivity index (χ1n) is 9.36. The van der Waals surface area contributed by atoms with Gasteiger partial charge in [0, 0.05) is 5.92 Å².